The van der Waals surface area contributed by atoms with Gasteiger partial charge < -0.3 is 40.1 Å². The molecule has 0 amide bonds. The molecule has 30 heavy (non-hydrogen) atoms. The van der Waals surface area contributed by atoms with E-state index in [-0.39, 0.29) is 16.9 Å². The van der Waals surface area contributed by atoms with Gasteiger partial charge in [0.05, 0.1) is 6.61 Å². The van der Waals surface area contributed by atoms with Crippen molar-refractivity contribution >= 4 is 18.1 Å². The minimum Gasteiger partial charge on any atom is -0.508 e. The van der Waals surface area contributed by atoms with Gasteiger partial charge in [0.2, 0.25) is 6.29 Å². The highest BCUT2D eigenvalue weighted by Gasteiger charge is 2.45. The molecule has 0 aliphatic carbocycles. The van der Waals surface area contributed by atoms with Gasteiger partial charge in [0, 0.05) is 6.07 Å². The summed E-state index contributed by atoms with van der Waals surface area (Å²) < 4.78 is 10.2. The van der Waals surface area contributed by atoms with E-state index < -0.39 is 49.0 Å². The van der Waals surface area contributed by atoms with Crippen LogP contribution in [-0.2, 0) is 9.47 Å². The number of ether oxygens (including phenoxy) is 2. The van der Waals surface area contributed by atoms with Crippen molar-refractivity contribution in [1.82, 2.24) is 0 Å². The molecule has 0 spiro atoms. The van der Waals surface area contributed by atoms with Crippen molar-refractivity contribution in [3.8, 4) is 11.5 Å². The summed E-state index contributed by atoms with van der Waals surface area (Å²) in [6, 6.07) is 11.3. The number of hydrogen-bond acceptors (Lipinski definition) is 9. The minimum absolute atomic E-state index is 0.131. The van der Waals surface area contributed by atoms with E-state index in [9.17, 15) is 35.4 Å². The summed E-state index contributed by atoms with van der Waals surface area (Å²) in [5.74, 6) is -1.97. The number of aromatic hydroxyl groups is 2. The van der Waals surface area contributed by atoms with Gasteiger partial charge in [-0.15, -0.1) is 0 Å². The molecule has 9 heteroatoms. The van der Waals surface area contributed by atoms with Crippen LogP contribution in [0.2, 0.25) is 0 Å². The summed E-state index contributed by atoms with van der Waals surface area (Å²) in [5.41, 5.74) is 0.622. The van der Waals surface area contributed by atoms with Gasteiger partial charge in [-0.2, -0.15) is 0 Å². The second-order valence-corrected chi connectivity index (χ2v) is 6.78. The maximum Gasteiger partial charge on any atom is 0.344 e. The number of rotatable bonds is 5. The lowest BCUT2D eigenvalue weighted by Crippen LogP contribution is -2.59. The second kappa shape index (κ2) is 9.24. The molecule has 9 nitrogen and oxygen atoms in total. The van der Waals surface area contributed by atoms with Crippen LogP contribution in [0.25, 0.3) is 12.2 Å². The van der Waals surface area contributed by atoms with E-state index >= 15 is 0 Å². The molecule has 2 aromatic carbocycles. The zero-order valence-electron chi connectivity index (χ0n) is 15.7. The van der Waals surface area contributed by atoms with Crippen LogP contribution in [0.15, 0.2) is 42.5 Å². The fraction of sp³-hybridized carbons (Fsp3) is 0.286. The van der Waals surface area contributed by atoms with Gasteiger partial charge in [-0.05, 0) is 17.2 Å². The third-order valence-corrected chi connectivity index (χ3v) is 4.66. The smallest absolute Gasteiger partial charge is 0.344 e. The van der Waals surface area contributed by atoms with Crippen LogP contribution in [0.3, 0.4) is 0 Å². The highest BCUT2D eigenvalue weighted by atomic mass is 16.7. The first kappa shape index (κ1) is 21.8. The van der Waals surface area contributed by atoms with Crippen molar-refractivity contribution in [3.63, 3.8) is 0 Å². The van der Waals surface area contributed by atoms with Crippen molar-refractivity contribution in [2.75, 3.05) is 6.61 Å². The molecular weight excluding hydrogens is 396 g/mol. The number of hydrogen-bond donors (Lipinski definition) is 6. The van der Waals surface area contributed by atoms with E-state index in [1.165, 1.54) is 12.1 Å². The fourth-order valence-corrected chi connectivity index (χ4v) is 3.07. The Labute approximate surface area is 171 Å². The number of carbonyl (C=O) groups is 1. The molecule has 0 aromatic heterocycles. The Hall–Kier alpha value is -2.95. The summed E-state index contributed by atoms with van der Waals surface area (Å²) in [5, 5.41) is 58.9. The summed E-state index contributed by atoms with van der Waals surface area (Å²) in [6.45, 7) is -0.686. The number of aliphatic hydroxyl groups excluding tert-OH is 4. The first-order valence-electron chi connectivity index (χ1n) is 9.12. The number of benzene rings is 2. The highest BCUT2D eigenvalue weighted by Crippen LogP contribution is 2.31. The lowest BCUT2D eigenvalue weighted by Gasteiger charge is -2.39. The van der Waals surface area contributed by atoms with Gasteiger partial charge in [-0.3, -0.25) is 0 Å². The molecular formula is C21H22O9. The fourth-order valence-electron chi connectivity index (χ4n) is 3.07. The van der Waals surface area contributed by atoms with Crippen LogP contribution in [-0.4, -0.2) is 73.9 Å². The van der Waals surface area contributed by atoms with Crippen molar-refractivity contribution in [1.29, 1.82) is 0 Å². The molecule has 1 aliphatic heterocycles. The maximum atomic E-state index is 12.7. The number of phenols is 2. The summed E-state index contributed by atoms with van der Waals surface area (Å²) >= 11 is 0. The Morgan fingerprint density at radius 1 is 1.00 bits per heavy atom. The highest BCUT2D eigenvalue weighted by molar-refractivity contribution is 5.98. The number of esters is 1. The van der Waals surface area contributed by atoms with Crippen molar-refractivity contribution in [3.05, 3.63) is 59.2 Å². The third-order valence-electron chi connectivity index (χ3n) is 4.66. The largest absolute Gasteiger partial charge is 0.508 e. The Kier molecular flexibility index (Phi) is 6.70. The van der Waals surface area contributed by atoms with Crippen molar-refractivity contribution < 1.29 is 44.9 Å². The lowest BCUT2D eigenvalue weighted by molar-refractivity contribution is -0.285. The molecule has 0 radical (unpaired) electrons. The molecule has 1 fully saturated rings. The van der Waals surface area contributed by atoms with E-state index in [2.05, 4.69) is 0 Å². The van der Waals surface area contributed by atoms with Gasteiger partial charge in [-0.25, -0.2) is 4.79 Å². The molecule has 3 rings (SSSR count). The van der Waals surface area contributed by atoms with Crippen molar-refractivity contribution in [2.24, 2.45) is 0 Å². The van der Waals surface area contributed by atoms with E-state index in [0.717, 1.165) is 11.6 Å². The summed E-state index contributed by atoms with van der Waals surface area (Å²) in [4.78, 5) is 12.7. The quantitative estimate of drug-likeness (QED) is 0.295. The normalized spacial score (nSPS) is 26.6. The molecule has 0 unspecified atom stereocenters. The third kappa shape index (κ3) is 4.61. The van der Waals surface area contributed by atoms with Crippen molar-refractivity contribution in [2.45, 2.75) is 30.7 Å². The van der Waals surface area contributed by atoms with Crippen LogP contribution in [0.4, 0.5) is 0 Å². The number of phenolic OH excluding ortho intramolecular Hbond substituents is 2. The minimum atomic E-state index is -1.78. The van der Waals surface area contributed by atoms with Gasteiger partial charge in [-0.1, -0.05) is 42.5 Å². The molecule has 1 aliphatic rings. The zero-order chi connectivity index (χ0) is 21.8. The van der Waals surface area contributed by atoms with E-state index in [1.54, 1.807) is 6.08 Å². The Morgan fingerprint density at radius 2 is 1.70 bits per heavy atom. The molecule has 2 aromatic rings. The molecule has 0 saturated carbocycles. The Balaban J connectivity index is 1.87. The standard InChI is InChI=1S/C21H22O9/c22-10-15-17(25)18(26)19(27)21(29-15)30-20(28)16-12(8-13(23)9-14(16)24)7-6-11-4-2-1-3-5-11/h1-9,15,17-19,21-27H,10H2/t15-,17-,18+,19+,21+/m1/s1. The van der Waals surface area contributed by atoms with Crippen LogP contribution >= 0.6 is 0 Å². The lowest BCUT2D eigenvalue weighted by atomic mass is 9.99. The summed E-state index contributed by atoms with van der Waals surface area (Å²) in [7, 11) is 0. The predicted molar refractivity (Wildman–Crippen MR) is 104 cm³/mol. The van der Waals surface area contributed by atoms with E-state index in [4.69, 9.17) is 9.47 Å². The first-order valence-corrected chi connectivity index (χ1v) is 9.12. The summed E-state index contributed by atoms with van der Waals surface area (Å²) in [6.07, 6.45) is -4.93. The van der Waals surface area contributed by atoms with Crippen LogP contribution in [0.5, 0.6) is 11.5 Å². The molecule has 0 bridgehead atoms. The Morgan fingerprint density at radius 3 is 2.37 bits per heavy atom. The predicted octanol–water partition coefficient (Wildman–Crippen LogP) is 0.225. The molecule has 6 N–H and O–H groups in total. The molecule has 160 valence electrons. The average Bonchev–Trinajstić information content (AvgIpc) is 2.72. The maximum absolute atomic E-state index is 12.7. The van der Waals surface area contributed by atoms with E-state index in [0.29, 0.717) is 0 Å². The van der Waals surface area contributed by atoms with Gasteiger partial charge >= 0.3 is 5.97 Å². The number of carbonyl (C=O) groups excluding carboxylic acids is 1. The van der Waals surface area contributed by atoms with Crippen LogP contribution < -0.4 is 0 Å². The molecule has 5 atom stereocenters. The van der Waals surface area contributed by atoms with Crippen LogP contribution in [0, 0.1) is 0 Å². The average molecular weight is 418 g/mol. The van der Waals surface area contributed by atoms with Crippen LogP contribution in [0.1, 0.15) is 21.5 Å². The molecule has 1 heterocycles. The SMILES string of the molecule is O=C(O[C@@H]1O[C@H](CO)[C@@H](O)[C@H](O)[C@@H]1O)c1c(O)cc(O)cc1C=Cc1ccccc1. The van der Waals surface area contributed by atoms with E-state index in [1.807, 2.05) is 30.3 Å². The Bertz CT molecular complexity index is 910. The van der Waals surface area contributed by atoms with Gasteiger partial charge in [0.15, 0.2) is 0 Å². The number of aliphatic hydroxyl groups is 4. The first-order chi connectivity index (χ1) is 14.3. The monoisotopic (exact) mass is 418 g/mol. The van der Waals surface area contributed by atoms with Gasteiger partial charge in [0.1, 0.15) is 41.5 Å². The zero-order valence-corrected chi connectivity index (χ0v) is 15.7. The molecule has 1 saturated heterocycles. The topological polar surface area (TPSA) is 157 Å². The van der Waals surface area contributed by atoms with Gasteiger partial charge in [0.25, 0.3) is 0 Å². The second-order valence-electron chi connectivity index (χ2n) is 6.78.